The van der Waals surface area contributed by atoms with E-state index in [-0.39, 0.29) is 23.9 Å². The van der Waals surface area contributed by atoms with E-state index in [0.29, 0.717) is 31.8 Å². The van der Waals surface area contributed by atoms with Crippen molar-refractivity contribution in [2.24, 2.45) is 0 Å². The zero-order chi connectivity index (χ0) is 20.5. The number of nitrogens with one attached hydrogen (secondary N) is 1. The van der Waals surface area contributed by atoms with Crippen LogP contribution >= 0.6 is 0 Å². The van der Waals surface area contributed by atoms with Crippen LogP contribution in [0.5, 0.6) is 0 Å². The minimum atomic E-state index is -0.229. The molecule has 1 aromatic carbocycles. The van der Waals surface area contributed by atoms with Crippen LogP contribution in [0.2, 0.25) is 0 Å². The summed E-state index contributed by atoms with van der Waals surface area (Å²) in [6.07, 6.45) is 5.50. The maximum Gasteiger partial charge on any atom is 0.274 e. The Hall–Kier alpha value is -3.48. The smallest absolute Gasteiger partial charge is 0.274 e. The topological polar surface area (TPSA) is 88.3 Å². The van der Waals surface area contributed by atoms with E-state index in [1.807, 2.05) is 37.3 Å². The van der Waals surface area contributed by atoms with Crippen LogP contribution in [0, 0.1) is 6.92 Å². The third-order valence-electron chi connectivity index (χ3n) is 4.45. The van der Waals surface area contributed by atoms with Crippen molar-refractivity contribution in [3.8, 4) is 0 Å². The minimum Gasteiger partial charge on any atom is -0.467 e. The molecular weight excluding hydrogens is 368 g/mol. The third-order valence-corrected chi connectivity index (χ3v) is 4.45. The lowest BCUT2D eigenvalue weighted by atomic mass is 10.1. The summed E-state index contributed by atoms with van der Waals surface area (Å²) in [5.74, 6) is 0.312. The van der Waals surface area contributed by atoms with Crippen LogP contribution in [0.1, 0.15) is 33.9 Å². The Morgan fingerprint density at radius 2 is 1.86 bits per heavy atom. The number of nitrogens with zero attached hydrogens (tertiary/aromatic N) is 3. The van der Waals surface area contributed by atoms with Gasteiger partial charge in [-0.3, -0.25) is 14.6 Å². The molecule has 3 aromatic rings. The molecule has 2 aromatic heterocycles. The average Bonchev–Trinajstić information content (AvgIpc) is 3.27. The molecular formula is C22H24N4O3. The van der Waals surface area contributed by atoms with E-state index >= 15 is 0 Å². The first kappa shape index (κ1) is 20.3. The van der Waals surface area contributed by atoms with Gasteiger partial charge in [0.2, 0.25) is 5.91 Å². The zero-order valence-electron chi connectivity index (χ0n) is 16.4. The molecule has 7 heteroatoms. The van der Waals surface area contributed by atoms with Gasteiger partial charge in [-0.25, -0.2) is 4.98 Å². The number of amides is 2. The predicted molar refractivity (Wildman–Crippen MR) is 108 cm³/mol. The van der Waals surface area contributed by atoms with Crippen LogP contribution in [0.4, 0.5) is 0 Å². The van der Waals surface area contributed by atoms with Crippen molar-refractivity contribution in [1.82, 2.24) is 20.2 Å². The second-order valence-corrected chi connectivity index (χ2v) is 6.68. The highest BCUT2D eigenvalue weighted by molar-refractivity contribution is 5.92. The van der Waals surface area contributed by atoms with Crippen LogP contribution in [0.3, 0.4) is 0 Å². The Bertz CT molecular complexity index is 909. The number of hydrogen-bond acceptors (Lipinski definition) is 5. The molecule has 0 unspecified atom stereocenters. The quantitative estimate of drug-likeness (QED) is 0.605. The molecule has 0 bridgehead atoms. The number of carbonyl (C=O) groups excluding carboxylic acids is 2. The van der Waals surface area contributed by atoms with E-state index in [0.717, 1.165) is 11.3 Å². The van der Waals surface area contributed by atoms with E-state index in [9.17, 15) is 9.59 Å². The van der Waals surface area contributed by atoms with Gasteiger partial charge >= 0.3 is 0 Å². The second kappa shape index (κ2) is 10.2. The summed E-state index contributed by atoms with van der Waals surface area (Å²) in [4.78, 5) is 35.1. The summed E-state index contributed by atoms with van der Waals surface area (Å²) in [5, 5.41) is 2.80. The van der Waals surface area contributed by atoms with Gasteiger partial charge in [0.1, 0.15) is 11.5 Å². The molecule has 0 atom stereocenters. The molecule has 7 nitrogen and oxygen atoms in total. The van der Waals surface area contributed by atoms with Crippen LogP contribution in [0.25, 0.3) is 0 Å². The molecule has 0 aliphatic carbocycles. The Balaban J connectivity index is 1.60. The number of furan rings is 1. The number of benzene rings is 1. The van der Waals surface area contributed by atoms with Crippen LogP contribution in [-0.2, 0) is 17.8 Å². The van der Waals surface area contributed by atoms with Crippen molar-refractivity contribution < 1.29 is 14.0 Å². The molecule has 2 heterocycles. The van der Waals surface area contributed by atoms with Gasteiger partial charge in [0.15, 0.2) is 0 Å². The molecule has 0 aliphatic rings. The van der Waals surface area contributed by atoms with Crippen molar-refractivity contribution in [2.75, 3.05) is 13.1 Å². The highest BCUT2D eigenvalue weighted by Crippen LogP contribution is 2.07. The molecule has 0 fully saturated rings. The summed E-state index contributed by atoms with van der Waals surface area (Å²) >= 11 is 0. The molecule has 2 amide bonds. The standard InChI is InChI=1S/C22H24N4O3/c1-17-14-24-20(16-23-17)22(28)26(11-9-18-6-3-2-4-7-18)12-10-21(27)25-15-19-8-5-13-29-19/h2-8,13-14,16H,9-12,15H2,1H3,(H,25,27). The van der Waals surface area contributed by atoms with E-state index in [4.69, 9.17) is 4.42 Å². The highest BCUT2D eigenvalue weighted by Gasteiger charge is 2.18. The number of aromatic nitrogens is 2. The van der Waals surface area contributed by atoms with Crippen molar-refractivity contribution in [1.29, 1.82) is 0 Å². The molecule has 3 rings (SSSR count). The monoisotopic (exact) mass is 392 g/mol. The number of carbonyl (C=O) groups is 2. The fourth-order valence-electron chi connectivity index (χ4n) is 2.81. The predicted octanol–water partition coefficient (Wildman–Crippen LogP) is 2.77. The molecule has 0 saturated heterocycles. The largest absolute Gasteiger partial charge is 0.467 e. The number of hydrogen-bond donors (Lipinski definition) is 1. The van der Waals surface area contributed by atoms with Gasteiger partial charge < -0.3 is 14.6 Å². The summed E-state index contributed by atoms with van der Waals surface area (Å²) in [7, 11) is 0. The zero-order valence-corrected chi connectivity index (χ0v) is 16.4. The van der Waals surface area contributed by atoms with E-state index in [1.165, 1.54) is 6.20 Å². The second-order valence-electron chi connectivity index (χ2n) is 6.68. The van der Waals surface area contributed by atoms with Crippen molar-refractivity contribution in [3.63, 3.8) is 0 Å². The first-order valence-corrected chi connectivity index (χ1v) is 9.53. The Morgan fingerprint density at radius 1 is 1.03 bits per heavy atom. The number of aryl methyl sites for hydroxylation is 1. The van der Waals surface area contributed by atoms with Crippen molar-refractivity contribution in [3.05, 3.63) is 83.8 Å². The van der Waals surface area contributed by atoms with E-state index in [1.54, 1.807) is 29.5 Å². The Morgan fingerprint density at radius 3 is 2.55 bits per heavy atom. The lowest BCUT2D eigenvalue weighted by Crippen LogP contribution is -2.37. The molecule has 1 N–H and O–H groups in total. The summed E-state index contributed by atoms with van der Waals surface area (Å²) < 4.78 is 5.21. The van der Waals surface area contributed by atoms with Gasteiger partial charge in [0.05, 0.1) is 24.7 Å². The van der Waals surface area contributed by atoms with Gasteiger partial charge in [0, 0.05) is 25.7 Å². The average molecular weight is 392 g/mol. The van der Waals surface area contributed by atoms with Gasteiger partial charge in [-0.2, -0.15) is 0 Å². The SMILES string of the molecule is Cc1cnc(C(=O)N(CCC(=O)NCc2ccco2)CCc2ccccc2)cn1. The van der Waals surface area contributed by atoms with Gasteiger partial charge in [-0.05, 0) is 31.0 Å². The Kier molecular flexibility index (Phi) is 7.10. The van der Waals surface area contributed by atoms with Gasteiger partial charge in [-0.15, -0.1) is 0 Å². The van der Waals surface area contributed by atoms with Crippen molar-refractivity contribution >= 4 is 11.8 Å². The highest BCUT2D eigenvalue weighted by atomic mass is 16.3. The summed E-state index contributed by atoms with van der Waals surface area (Å²) in [5.41, 5.74) is 2.15. The minimum absolute atomic E-state index is 0.145. The Labute approximate surface area is 169 Å². The van der Waals surface area contributed by atoms with E-state index in [2.05, 4.69) is 15.3 Å². The van der Waals surface area contributed by atoms with Gasteiger partial charge in [-0.1, -0.05) is 30.3 Å². The lowest BCUT2D eigenvalue weighted by Gasteiger charge is -2.22. The third kappa shape index (κ3) is 6.27. The molecule has 29 heavy (non-hydrogen) atoms. The molecule has 0 saturated carbocycles. The van der Waals surface area contributed by atoms with Crippen LogP contribution in [-0.4, -0.2) is 39.8 Å². The number of rotatable bonds is 9. The van der Waals surface area contributed by atoms with Crippen LogP contribution in [0.15, 0.2) is 65.5 Å². The maximum atomic E-state index is 12.9. The normalized spacial score (nSPS) is 10.5. The van der Waals surface area contributed by atoms with Crippen molar-refractivity contribution in [2.45, 2.75) is 26.3 Å². The first-order chi connectivity index (χ1) is 14.1. The molecule has 150 valence electrons. The maximum absolute atomic E-state index is 12.9. The first-order valence-electron chi connectivity index (χ1n) is 9.53. The fourth-order valence-corrected chi connectivity index (χ4v) is 2.81. The molecule has 0 radical (unpaired) electrons. The van der Waals surface area contributed by atoms with Gasteiger partial charge in [0.25, 0.3) is 5.91 Å². The van der Waals surface area contributed by atoms with Crippen LogP contribution < -0.4 is 5.32 Å². The summed E-state index contributed by atoms with van der Waals surface area (Å²) in [6.45, 7) is 2.93. The summed E-state index contributed by atoms with van der Waals surface area (Å²) in [6, 6.07) is 13.5. The van der Waals surface area contributed by atoms with E-state index < -0.39 is 0 Å². The molecule has 0 spiro atoms. The lowest BCUT2D eigenvalue weighted by molar-refractivity contribution is -0.121. The molecule has 0 aliphatic heterocycles. The fraction of sp³-hybridized carbons (Fsp3) is 0.273.